The molecule has 0 heterocycles. The molecule has 0 fully saturated rings. The second-order valence-corrected chi connectivity index (χ2v) is 6.21. The van der Waals surface area contributed by atoms with Gasteiger partial charge in [-0.2, -0.15) is 0 Å². The Bertz CT molecular complexity index is 905. The zero-order valence-corrected chi connectivity index (χ0v) is 17.0. The number of nitrogens with one attached hydrogen (secondary N) is 3. The zero-order valence-electron chi connectivity index (χ0n) is 16.2. The number of rotatable bonds is 8. The van der Waals surface area contributed by atoms with E-state index in [2.05, 4.69) is 10.6 Å². The number of hydrogen-bond acceptors (Lipinski definition) is 4. The summed E-state index contributed by atoms with van der Waals surface area (Å²) in [5.74, 6) is -0.532. The van der Waals surface area contributed by atoms with Crippen LogP contribution >= 0.6 is 12.4 Å². The van der Waals surface area contributed by atoms with E-state index in [-0.39, 0.29) is 49.0 Å². The van der Waals surface area contributed by atoms with Crippen molar-refractivity contribution in [2.75, 3.05) is 13.2 Å². The molecule has 5 N–H and O–H groups in total. The Morgan fingerprint density at radius 1 is 1.14 bits per heavy atom. The molecule has 2 amide bonds. The van der Waals surface area contributed by atoms with Gasteiger partial charge in [-0.1, -0.05) is 12.1 Å². The summed E-state index contributed by atoms with van der Waals surface area (Å²) in [7, 11) is 0. The number of carbonyl (C=O) groups excluding carboxylic acids is 2. The van der Waals surface area contributed by atoms with Crippen LogP contribution < -0.4 is 21.1 Å². The van der Waals surface area contributed by atoms with Crippen LogP contribution in [0.3, 0.4) is 0 Å². The predicted octanol–water partition coefficient (Wildman–Crippen LogP) is 2.28. The molecule has 7 nitrogen and oxygen atoms in total. The van der Waals surface area contributed by atoms with Gasteiger partial charge in [-0.05, 0) is 36.8 Å². The summed E-state index contributed by atoms with van der Waals surface area (Å²) in [6, 6.07) is 9.13. The smallest absolute Gasteiger partial charge is 0.251 e. The van der Waals surface area contributed by atoms with E-state index < -0.39 is 0 Å². The van der Waals surface area contributed by atoms with E-state index in [9.17, 15) is 14.0 Å². The van der Waals surface area contributed by atoms with Gasteiger partial charge in [0.1, 0.15) is 24.0 Å². The monoisotopic (exact) mass is 422 g/mol. The fourth-order valence-electron chi connectivity index (χ4n) is 2.45. The van der Waals surface area contributed by atoms with Gasteiger partial charge in [0.05, 0.1) is 6.54 Å². The number of nitrogens with two attached hydrogens (primary N) is 1. The molecule has 29 heavy (non-hydrogen) atoms. The summed E-state index contributed by atoms with van der Waals surface area (Å²) in [6.07, 6.45) is 0. The van der Waals surface area contributed by atoms with Gasteiger partial charge in [-0.25, -0.2) is 4.39 Å². The van der Waals surface area contributed by atoms with E-state index in [0.29, 0.717) is 34.5 Å². The van der Waals surface area contributed by atoms with Crippen LogP contribution in [-0.4, -0.2) is 30.8 Å². The second kappa shape index (κ2) is 11.0. The van der Waals surface area contributed by atoms with Crippen LogP contribution in [0.15, 0.2) is 36.4 Å². The van der Waals surface area contributed by atoms with Crippen molar-refractivity contribution in [2.45, 2.75) is 20.4 Å². The highest BCUT2D eigenvalue weighted by Gasteiger charge is 2.11. The average molecular weight is 423 g/mol. The molecule has 0 unspecified atom stereocenters. The minimum absolute atomic E-state index is 0. The van der Waals surface area contributed by atoms with Crippen molar-refractivity contribution in [2.24, 2.45) is 5.73 Å². The number of benzene rings is 2. The van der Waals surface area contributed by atoms with Gasteiger partial charge < -0.3 is 21.1 Å². The minimum Gasteiger partial charge on any atom is -0.491 e. The Hall–Kier alpha value is -3.13. The lowest BCUT2D eigenvalue weighted by Gasteiger charge is -2.14. The first-order valence-electron chi connectivity index (χ1n) is 8.67. The Morgan fingerprint density at radius 3 is 2.45 bits per heavy atom. The number of aryl methyl sites for hydroxylation is 1. The third-order valence-electron chi connectivity index (χ3n) is 3.97. The summed E-state index contributed by atoms with van der Waals surface area (Å²) in [5.41, 5.74) is 7.43. The van der Waals surface area contributed by atoms with Crippen LogP contribution in [0.25, 0.3) is 0 Å². The first-order chi connectivity index (χ1) is 13.3. The molecule has 0 saturated heterocycles. The van der Waals surface area contributed by atoms with Crippen LogP contribution in [0, 0.1) is 18.2 Å². The SMILES string of the molecule is CC(=O)NCCOc1cc(C(=N)N)ccc1CNC(=O)c1ccc(F)c(C)c1.Cl. The summed E-state index contributed by atoms with van der Waals surface area (Å²) in [5, 5.41) is 12.9. The maximum atomic E-state index is 13.4. The van der Waals surface area contributed by atoms with Crippen molar-refractivity contribution in [1.82, 2.24) is 10.6 Å². The Kier molecular flexibility index (Phi) is 9.08. The first kappa shape index (κ1) is 23.9. The molecule has 0 saturated carbocycles. The molecular formula is C20H24ClFN4O3. The third kappa shape index (κ3) is 7.08. The molecule has 9 heteroatoms. The van der Waals surface area contributed by atoms with Crippen LogP contribution in [0.2, 0.25) is 0 Å². The number of hydrogen-bond donors (Lipinski definition) is 4. The van der Waals surface area contributed by atoms with Gasteiger partial charge in [-0.3, -0.25) is 15.0 Å². The fraction of sp³-hybridized carbons (Fsp3) is 0.250. The molecule has 0 aromatic heterocycles. The largest absolute Gasteiger partial charge is 0.491 e. The number of ether oxygens (including phenoxy) is 1. The number of nitrogen functional groups attached to an aromatic ring is 1. The standard InChI is InChI=1S/C20H23FN4O3.ClH/c1-12-9-15(5-6-17(12)21)20(27)25-11-16-4-3-14(19(22)23)10-18(16)28-8-7-24-13(2)26;/h3-6,9-10H,7-8,11H2,1-2H3,(H3,22,23)(H,24,26)(H,25,27);1H. The van der Waals surface area contributed by atoms with Crippen molar-refractivity contribution in [3.63, 3.8) is 0 Å². The molecule has 0 bridgehead atoms. The number of amidine groups is 1. The first-order valence-corrected chi connectivity index (χ1v) is 8.67. The molecule has 0 atom stereocenters. The summed E-state index contributed by atoms with van der Waals surface area (Å²) >= 11 is 0. The Balaban J connectivity index is 0.00000420. The molecule has 0 radical (unpaired) electrons. The van der Waals surface area contributed by atoms with Crippen LogP contribution in [0.5, 0.6) is 5.75 Å². The lowest BCUT2D eigenvalue weighted by Crippen LogP contribution is -2.26. The quantitative estimate of drug-likeness (QED) is 0.296. The van der Waals surface area contributed by atoms with E-state index in [1.54, 1.807) is 25.1 Å². The Labute approximate surface area is 174 Å². The maximum absolute atomic E-state index is 13.4. The van der Waals surface area contributed by atoms with E-state index >= 15 is 0 Å². The van der Waals surface area contributed by atoms with Gasteiger partial charge in [0.25, 0.3) is 5.91 Å². The summed E-state index contributed by atoms with van der Waals surface area (Å²) in [4.78, 5) is 23.3. The molecule has 0 aliphatic carbocycles. The van der Waals surface area contributed by atoms with Crippen LogP contribution in [0.4, 0.5) is 4.39 Å². The average Bonchev–Trinajstić information content (AvgIpc) is 2.65. The lowest BCUT2D eigenvalue weighted by molar-refractivity contribution is -0.119. The molecule has 156 valence electrons. The van der Waals surface area contributed by atoms with Crippen molar-refractivity contribution in [3.8, 4) is 5.75 Å². The molecule has 2 aromatic rings. The van der Waals surface area contributed by atoms with Crippen molar-refractivity contribution < 1.29 is 18.7 Å². The van der Waals surface area contributed by atoms with E-state index in [0.717, 1.165) is 0 Å². The normalized spacial score (nSPS) is 9.90. The molecular weight excluding hydrogens is 399 g/mol. The van der Waals surface area contributed by atoms with Gasteiger partial charge in [0, 0.05) is 30.2 Å². The third-order valence-corrected chi connectivity index (χ3v) is 3.97. The molecule has 0 spiro atoms. The topological polar surface area (TPSA) is 117 Å². The summed E-state index contributed by atoms with van der Waals surface area (Å²) in [6.45, 7) is 3.71. The van der Waals surface area contributed by atoms with E-state index in [1.165, 1.54) is 25.1 Å². The number of amides is 2. The highest BCUT2D eigenvalue weighted by molar-refractivity contribution is 5.96. The van der Waals surface area contributed by atoms with Crippen LogP contribution in [0.1, 0.15) is 34.0 Å². The van der Waals surface area contributed by atoms with E-state index in [4.69, 9.17) is 15.9 Å². The fourth-order valence-corrected chi connectivity index (χ4v) is 2.45. The number of halogens is 2. The van der Waals surface area contributed by atoms with Gasteiger partial charge in [0.2, 0.25) is 5.91 Å². The van der Waals surface area contributed by atoms with Gasteiger partial charge in [0.15, 0.2) is 0 Å². The Morgan fingerprint density at radius 2 is 1.83 bits per heavy atom. The van der Waals surface area contributed by atoms with Crippen molar-refractivity contribution in [3.05, 3.63) is 64.5 Å². The summed E-state index contributed by atoms with van der Waals surface area (Å²) < 4.78 is 19.0. The van der Waals surface area contributed by atoms with E-state index in [1.807, 2.05) is 0 Å². The number of carbonyl (C=O) groups is 2. The van der Waals surface area contributed by atoms with Crippen molar-refractivity contribution in [1.29, 1.82) is 5.41 Å². The molecule has 0 aliphatic rings. The van der Waals surface area contributed by atoms with Gasteiger partial charge >= 0.3 is 0 Å². The van der Waals surface area contributed by atoms with Crippen molar-refractivity contribution >= 4 is 30.1 Å². The zero-order chi connectivity index (χ0) is 20.7. The minimum atomic E-state index is -0.369. The predicted molar refractivity (Wildman–Crippen MR) is 111 cm³/mol. The van der Waals surface area contributed by atoms with Gasteiger partial charge in [-0.15, -0.1) is 12.4 Å². The highest BCUT2D eigenvalue weighted by Crippen LogP contribution is 2.21. The molecule has 2 aromatic carbocycles. The molecule has 2 rings (SSSR count). The maximum Gasteiger partial charge on any atom is 0.251 e. The second-order valence-electron chi connectivity index (χ2n) is 6.21. The molecule has 0 aliphatic heterocycles. The highest BCUT2D eigenvalue weighted by atomic mass is 35.5. The van der Waals surface area contributed by atoms with Crippen LogP contribution in [-0.2, 0) is 11.3 Å². The lowest BCUT2D eigenvalue weighted by atomic mass is 10.1.